The largest absolute Gasteiger partial charge is 0.497 e. The van der Waals surface area contributed by atoms with E-state index in [4.69, 9.17) is 4.74 Å². The van der Waals surface area contributed by atoms with Crippen LogP contribution in [-0.2, 0) is 17.1 Å². The number of methoxy groups -OCH3 is 1. The van der Waals surface area contributed by atoms with Gasteiger partial charge in [-0.2, -0.15) is 4.31 Å². The van der Waals surface area contributed by atoms with Crippen molar-refractivity contribution in [3.05, 3.63) is 60.3 Å². The van der Waals surface area contributed by atoms with E-state index in [1.807, 2.05) is 42.1 Å². The van der Waals surface area contributed by atoms with Gasteiger partial charge in [0.15, 0.2) is 0 Å². The van der Waals surface area contributed by atoms with E-state index in [2.05, 4.69) is 4.90 Å². The second-order valence-electron chi connectivity index (χ2n) is 7.61. The lowest BCUT2D eigenvalue weighted by atomic mass is 10.1. The number of sulfonamides is 1. The summed E-state index contributed by atoms with van der Waals surface area (Å²) in [7, 11) is -0.00672. The Kier molecular flexibility index (Phi) is 5.84. The van der Waals surface area contributed by atoms with E-state index in [0.717, 1.165) is 16.5 Å². The lowest BCUT2D eigenvalue weighted by Crippen LogP contribution is -2.49. The van der Waals surface area contributed by atoms with Gasteiger partial charge < -0.3 is 14.4 Å². The number of hydrogen-bond donors (Lipinski definition) is 1. The van der Waals surface area contributed by atoms with Gasteiger partial charge in [-0.25, -0.2) is 8.42 Å². The predicted molar refractivity (Wildman–Crippen MR) is 116 cm³/mol. The molecule has 1 fully saturated rings. The van der Waals surface area contributed by atoms with Crippen LogP contribution in [-0.4, -0.2) is 67.1 Å². The van der Waals surface area contributed by atoms with Crippen molar-refractivity contribution >= 4 is 20.9 Å². The molecule has 0 aliphatic carbocycles. The van der Waals surface area contributed by atoms with Crippen molar-refractivity contribution in [1.29, 1.82) is 0 Å². The Morgan fingerprint density at radius 1 is 1.03 bits per heavy atom. The molecule has 1 N–H and O–H groups in total. The van der Waals surface area contributed by atoms with Crippen LogP contribution < -0.4 is 4.74 Å². The average Bonchev–Trinajstić information content (AvgIpc) is 3.11. The summed E-state index contributed by atoms with van der Waals surface area (Å²) in [5, 5.41) is 11.9. The molecule has 4 rings (SSSR count). The molecule has 0 bridgehead atoms. The molecule has 30 heavy (non-hydrogen) atoms. The first-order valence-electron chi connectivity index (χ1n) is 9.99. The van der Waals surface area contributed by atoms with E-state index in [1.165, 1.54) is 4.31 Å². The highest BCUT2D eigenvalue weighted by atomic mass is 32.2. The highest BCUT2D eigenvalue weighted by Gasteiger charge is 2.29. The number of rotatable bonds is 6. The third kappa shape index (κ3) is 3.96. The van der Waals surface area contributed by atoms with Crippen molar-refractivity contribution in [2.24, 2.45) is 7.05 Å². The summed E-state index contributed by atoms with van der Waals surface area (Å²) in [6, 6.07) is 14.5. The molecule has 160 valence electrons. The molecule has 0 spiro atoms. The summed E-state index contributed by atoms with van der Waals surface area (Å²) in [6.45, 7) is 2.44. The van der Waals surface area contributed by atoms with Crippen LogP contribution in [0.2, 0.25) is 0 Å². The number of fused-ring (bicyclic) bond motifs is 1. The minimum Gasteiger partial charge on any atom is -0.497 e. The normalized spacial score (nSPS) is 17.3. The minimum atomic E-state index is -3.53. The second kappa shape index (κ2) is 8.39. The second-order valence-corrected chi connectivity index (χ2v) is 9.55. The molecule has 0 radical (unpaired) electrons. The van der Waals surface area contributed by atoms with Gasteiger partial charge in [-0.1, -0.05) is 18.2 Å². The number of aromatic nitrogens is 1. The summed E-state index contributed by atoms with van der Waals surface area (Å²) < 4.78 is 34.4. The predicted octanol–water partition coefficient (Wildman–Crippen LogP) is 2.23. The van der Waals surface area contributed by atoms with E-state index >= 15 is 0 Å². The number of nitrogens with zero attached hydrogens (tertiary/aromatic N) is 3. The smallest absolute Gasteiger partial charge is 0.243 e. The zero-order valence-corrected chi connectivity index (χ0v) is 18.0. The van der Waals surface area contributed by atoms with Gasteiger partial charge in [0.1, 0.15) is 5.75 Å². The topological polar surface area (TPSA) is 75.0 Å². The van der Waals surface area contributed by atoms with Crippen LogP contribution in [0, 0.1) is 0 Å². The molecular formula is C22H27N3O4S. The van der Waals surface area contributed by atoms with E-state index in [0.29, 0.717) is 38.5 Å². The molecule has 2 aromatic carbocycles. The van der Waals surface area contributed by atoms with Crippen LogP contribution in [0.25, 0.3) is 10.9 Å². The first kappa shape index (κ1) is 20.9. The molecule has 0 saturated carbocycles. The highest BCUT2D eigenvalue weighted by molar-refractivity contribution is 7.89. The number of aryl methyl sites for hydroxylation is 1. The maximum absolute atomic E-state index is 12.9. The minimum absolute atomic E-state index is 0.271. The molecule has 1 unspecified atom stereocenters. The number of ether oxygens (including phenoxy) is 1. The fourth-order valence-electron chi connectivity index (χ4n) is 4.03. The van der Waals surface area contributed by atoms with Gasteiger partial charge in [-0.05, 0) is 30.3 Å². The van der Waals surface area contributed by atoms with E-state index in [9.17, 15) is 13.5 Å². The molecule has 1 aliphatic rings. The molecule has 2 heterocycles. The van der Waals surface area contributed by atoms with Gasteiger partial charge in [-0.15, -0.1) is 0 Å². The Balaban J connectivity index is 1.40. The Labute approximate surface area is 177 Å². The number of benzene rings is 2. The van der Waals surface area contributed by atoms with E-state index < -0.39 is 16.1 Å². The van der Waals surface area contributed by atoms with Crippen LogP contribution >= 0.6 is 0 Å². The summed E-state index contributed by atoms with van der Waals surface area (Å²) in [5.41, 5.74) is 1.99. The van der Waals surface area contributed by atoms with Crippen molar-refractivity contribution in [2.75, 3.05) is 39.8 Å². The maximum atomic E-state index is 12.9. The first-order valence-corrected chi connectivity index (χ1v) is 11.4. The Hall–Kier alpha value is -2.39. The average molecular weight is 430 g/mol. The molecular weight excluding hydrogens is 402 g/mol. The molecule has 1 saturated heterocycles. The Morgan fingerprint density at radius 3 is 2.37 bits per heavy atom. The Bertz CT molecular complexity index is 1120. The lowest BCUT2D eigenvalue weighted by molar-refractivity contribution is 0.0929. The van der Waals surface area contributed by atoms with E-state index in [-0.39, 0.29) is 4.90 Å². The van der Waals surface area contributed by atoms with Gasteiger partial charge in [0.2, 0.25) is 10.0 Å². The van der Waals surface area contributed by atoms with Crippen LogP contribution in [0.5, 0.6) is 5.75 Å². The number of aliphatic hydroxyl groups is 1. The number of hydrogen-bond acceptors (Lipinski definition) is 5. The highest BCUT2D eigenvalue weighted by Crippen LogP contribution is 2.27. The lowest BCUT2D eigenvalue weighted by Gasteiger charge is -2.34. The number of para-hydroxylation sites is 1. The Morgan fingerprint density at radius 2 is 1.70 bits per heavy atom. The zero-order valence-electron chi connectivity index (χ0n) is 17.2. The first-order chi connectivity index (χ1) is 14.4. The SMILES string of the molecule is COc1ccc(S(=O)(=O)N2CCN(CC(O)c3cn(C)c4ccccc34)CC2)cc1. The molecule has 1 atom stereocenters. The molecule has 3 aromatic rings. The molecule has 1 aliphatic heterocycles. The van der Waals surface area contributed by atoms with Crippen molar-refractivity contribution in [3.8, 4) is 5.75 Å². The maximum Gasteiger partial charge on any atom is 0.243 e. The van der Waals surface area contributed by atoms with E-state index in [1.54, 1.807) is 31.4 Å². The zero-order chi connectivity index (χ0) is 21.3. The van der Waals surface area contributed by atoms with Gasteiger partial charge >= 0.3 is 0 Å². The van der Waals surface area contributed by atoms with Crippen LogP contribution in [0.15, 0.2) is 59.6 Å². The standard InChI is InChI=1S/C22H27N3O4S/c1-23-15-20(19-5-3-4-6-21(19)23)22(26)16-24-11-13-25(14-12-24)30(27,28)18-9-7-17(29-2)8-10-18/h3-10,15,22,26H,11-14,16H2,1-2H3. The van der Waals surface area contributed by atoms with Gasteiger partial charge in [0, 0.05) is 62.4 Å². The fourth-order valence-corrected chi connectivity index (χ4v) is 5.45. The van der Waals surface area contributed by atoms with Gasteiger partial charge in [0.05, 0.1) is 18.1 Å². The van der Waals surface area contributed by atoms with Crippen molar-refractivity contribution in [2.45, 2.75) is 11.0 Å². The quantitative estimate of drug-likeness (QED) is 0.650. The summed E-state index contributed by atoms with van der Waals surface area (Å²) in [5.74, 6) is 0.626. The molecule has 1 aromatic heterocycles. The number of β-amino-alcohol motifs (C(OH)–C–C–N with tert-alkyl or cyclic N) is 1. The van der Waals surface area contributed by atoms with Gasteiger partial charge in [0.25, 0.3) is 0 Å². The fraction of sp³-hybridized carbons (Fsp3) is 0.364. The third-order valence-corrected chi connectivity index (χ3v) is 7.66. The monoisotopic (exact) mass is 429 g/mol. The molecule has 0 amide bonds. The van der Waals surface area contributed by atoms with Crippen LogP contribution in [0.4, 0.5) is 0 Å². The summed E-state index contributed by atoms with van der Waals surface area (Å²) in [6.07, 6.45) is 1.35. The number of aliphatic hydroxyl groups excluding tert-OH is 1. The molecule has 8 heteroatoms. The van der Waals surface area contributed by atoms with Crippen LogP contribution in [0.1, 0.15) is 11.7 Å². The third-order valence-electron chi connectivity index (χ3n) is 5.75. The van der Waals surface area contributed by atoms with Crippen molar-refractivity contribution in [1.82, 2.24) is 13.8 Å². The van der Waals surface area contributed by atoms with Crippen LogP contribution in [0.3, 0.4) is 0 Å². The summed E-state index contributed by atoms with van der Waals surface area (Å²) >= 11 is 0. The van der Waals surface area contributed by atoms with Crippen molar-refractivity contribution < 1.29 is 18.3 Å². The van der Waals surface area contributed by atoms with Gasteiger partial charge in [-0.3, -0.25) is 4.90 Å². The number of piperazine rings is 1. The van der Waals surface area contributed by atoms with Crippen molar-refractivity contribution in [3.63, 3.8) is 0 Å². The molecule has 7 nitrogen and oxygen atoms in total. The summed E-state index contributed by atoms with van der Waals surface area (Å²) in [4.78, 5) is 2.39.